The summed E-state index contributed by atoms with van der Waals surface area (Å²) in [7, 11) is 0. The highest BCUT2D eigenvalue weighted by molar-refractivity contribution is 8.08. The van der Waals surface area contributed by atoms with Crippen molar-refractivity contribution in [3.8, 4) is 11.5 Å². The molecule has 4 rings (SSSR count). The van der Waals surface area contributed by atoms with Crippen molar-refractivity contribution in [3.05, 3.63) is 47.5 Å². The summed E-state index contributed by atoms with van der Waals surface area (Å²) >= 11 is 14.5. The maximum absolute atomic E-state index is 5.96. The first-order valence-corrected chi connectivity index (χ1v) is 17.7. The third-order valence-corrected chi connectivity index (χ3v) is 11.4. The van der Waals surface area contributed by atoms with Crippen molar-refractivity contribution < 1.29 is 27.1 Å². The lowest BCUT2D eigenvalue weighted by Gasteiger charge is -2.43. The Bertz CT molecular complexity index is 1010. The lowest BCUT2D eigenvalue weighted by molar-refractivity contribution is -0.0689. The van der Waals surface area contributed by atoms with E-state index in [0.29, 0.717) is 37.9 Å². The van der Waals surface area contributed by atoms with Gasteiger partial charge in [0.2, 0.25) is 0 Å². The van der Waals surface area contributed by atoms with Gasteiger partial charge < -0.3 is 9.05 Å². The Morgan fingerprint density at radius 1 is 0.727 bits per heavy atom. The van der Waals surface area contributed by atoms with Gasteiger partial charge >= 0.3 is 13.4 Å². The summed E-state index contributed by atoms with van der Waals surface area (Å²) in [6.45, 7) is -0.511. The van der Waals surface area contributed by atoms with Gasteiger partial charge in [-0.2, -0.15) is 0 Å². The lowest BCUT2D eigenvalue weighted by Crippen LogP contribution is -2.46. The Hall–Kier alpha value is -0.120. The molecule has 2 fully saturated rings. The smallest absolute Gasteiger partial charge is 0.380 e. The second kappa shape index (κ2) is 10.5. The van der Waals surface area contributed by atoms with Crippen molar-refractivity contribution in [1.82, 2.24) is 0 Å². The first-order chi connectivity index (χ1) is 15.7. The van der Waals surface area contributed by atoms with Gasteiger partial charge in [0.1, 0.15) is 11.5 Å². The SMILES string of the molecule is CSc1ccc(OP2(=S)OCC3(CO2)COP(=S)(Oc2ccc(SC)c(C)c2)OC3)cc1C. The van der Waals surface area contributed by atoms with Gasteiger partial charge in [-0.3, -0.25) is 18.1 Å². The van der Waals surface area contributed by atoms with Crippen molar-refractivity contribution in [2.45, 2.75) is 23.6 Å². The van der Waals surface area contributed by atoms with E-state index >= 15 is 0 Å². The van der Waals surface area contributed by atoms with Crippen LogP contribution in [0.25, 0.3) is 0 Å². The molecule has 12 heteroatoms. The Morgan fingerprint density at radius 2 is 1.09 bits per heavy atom. The number of hydrogen-bond acceptors (Lipinski definition) is 10. The molecule has 2 aromatic carbocycles. The highest BCUT2D eigenvalue weighted by Gasteiger charge is 2.48. The van der Waals surface area contributed by atoms with Gasteiger partial charge in [0.05, 0.1) is 31.8 Å². The average Bonchev–Trinajstić information content (AvgIpc) is 2.78. The minimum atomic E-state index is -2.91. The number of aryl methyl sites for hydroxylation is 2. The third kappa shape index (κ3) is 6.18. The summed E-state index contributed by atoms with van der Waals surface area (Å²) in [5.41, 5.74) is 1.75. The normalized spacial score (nSPS) is 29.7. The standard InChI is InChI=1S/C21H26O6P2S4/c1-15-9-17(5-7-19(15)32-3)26-28(30)22-11-21(12-23-28)13-24-29(31,25-14-21)27-18-6-8-20(33-4)16(2)10-18/h5-10H,11-14H2,1-4H3. The molecule has 0 atom stereocenters. The van der Waals surface area contributed by atoms with Crippen LogP contribution in [0.15, 0.2) is 46.2 Å². The molecule has 0 amide bonds. The fourth-order valence-corrected chi connectivity index (χ4v) is 8.52. The van der Waals surface area contributed by atoms with Crippen LogP contribution in [0.2, 0.25) is 0 Å². The molecule has 0 N–H and O–H groups in total. The van der Waals surface area contributed by atoms with Crippen molar-refractivity contribution >= 4 is 60.6 Å². The van der Waals surface area contributed by atoms with E-state index in [4.69, 9.17) is 50.8 Å². The largest absolute Gasteiger partial charge is 0.424 e. The maximum Gasteiger partial charge on any atom is 0.380 e. The molecular weight excluding hydrogens is 538 g/mol. The summed E-state index contributed by atoms with van der Waals surface area (Å²) < 4.78 is 35.7. The third-order valence-electron chi connectivity index (χ3n) is 5.28. The Balaban J connectivity index is 1.34. The molecule has 33 heavy (non-hydrogen) atoms. The highest BCUT2D eigenvalue weighted by Crippen LogP contribution is 2.60. The van der Waals surface area contributed by atoms with Crippen molar-refractivity contribution in [2.75, 3.05) is 38.9 Å². The molecule has 0 bridgehead atoms. The van der Waals surface area contributed by atoms with Crippen molar-refractivity contribution in [1.29, 1.82) is 0 Å². The van der Waals surface area contributed by atoms with Crippen LogP contribution in [0.1, 0.15) is 11.1 Å². The second-order valence-electron chi connectivity index (χ2n) is 7.93. The van der Waals surface area contributed by atoms with Crippen molar-refractivity contribution in [2.24, 2.45) is 5.41 Å². The van der Waals surface area contributed by atoms with Crippen LogP contribution in [0.4, 0.5) is 0 Å². The van der Waals surface area contributed by atoms with Gasteiger partial charge in [0.25, 0.3) is 0 Å². The van der Waals surface area contributed by atoms with E-state index < -0.39 is 18.9 Å². The molecule has 2 aromatic rings. The van der Waals surface area contributed by atoms with E-state index in [1.807, 2.05) is 62.8 Å². The molecule has 0 radical (unpaired) electrons. The van der Waals surface area contributed by atoms with E-state index in [0.717, 1.165) is 11.1 Å². The second-order valence-corrected chi connectivity index (χ2v) is 15.5. The van der Waals surface area contributed by atoms with E-state index in [2.05, 4.69) is 0 Å². The topological polar surface area (TPSA) is 55.4 Å². The summed E-state index contributed by atoms with van der Waals surface area (Å²) in [6, 6.07) is 11.7. The number of benzene rings is 2. The predicted molar refractivity (Wildman–Crippen MR) is 142 cm³/mol. The minimum Gasteiger partial charge on any atom is -0.424 e. The molecule has 2 saturated heterocycles. The fraction of sp³-hybridized carbons (Fsp3) is 0.429. The molecule has 0 saturated carbocycles. The molecular formula is C21H26O6P2S4. The van der Waals surface area contributed by atoms with Crippen LogP contribution in [0, 0.1) is 19.3 Å². The summed E-state index contributed by atoms with van der Waals surface area (Å²) in [5.74, 6) is 1.29. The number of hydrogen-bond donors (Lipinski definition) is 0. The molecule has 0 aliphatic carbocycles. The zero-order valence-electron chi connectivity index (χ0n) is 18.8. The Kier molecular flexibility index (Phi) is 8.24. The molecule has 0 unspecified atom stereocenters. The van der Waals surface area contributed by atoms with Crippen LogP contribution < -0.4 is 9.05 Å². The van der Waals surface area contributed by atoms with E-state index in [9.17, 15) is 0 Å². The zero-order valence-corrected chi connectivity index (χ0v) is 23.8. The number of thioether (sulfide) groups is 2. The Morgan fingerprint density at radius 3 is 1.39 bits per heavy atom. The van der Waals surface area contributed by atoms with E-state index in [1.165, 1.54) is 9.79 Å². The van der Waals surface area contributed by atoms with Crippen LogP contribution in [-0.4, -0.2) is 38.9 Å². The van der Waals surface area contributed by atoms with Gasteiger partial charge in [0.15, 0.2) is 0 Å². The van der Waals surface area contributed by atoms with Gasteiger partial charge in [-0.25, -0.2) is 0 Å². The molecule has 0 aromatic heterocycles. The van der Waals surface area contributed by atoms with Gasteiger partial charge in [-0.1, -0.05) is 0 Å². The van der Waals surface area contributed by atoms with Gasteiger partial charge in [0, 0.05) is 33.4 Å². The molecule has 2 heterocycles. The summed E-state index contributed by atoms with van der Waals surface area (Å²) in [6.07, 6.45) is 4.08. The predicted octanol–water partition coefficient (Wildman–Crippen LogP) is 6.73. The average molecular weight is 565 g/mol. The number of rotatable bonds is 6. The van der Waals surface area contributed by atoms with Crippen LogP contribution in [0.3, 0.4) is 0 Å². The Labute approximate surface area is 213 Å². The van der Waals surface area contributed by atoms with E-state index in [-0.39, 0.29) is 0 Å². The summed E-state index contributed by atoms with van der Waals surface area (Å²) in [4.78, 5) is 2.38. The lowest BCUT2D eigenvalue weighted by atomic mass is 9.93. The maximum atomic E-state index is 5.96. The molecule has 6 nitrogen and oxygen atoms in total. The van der Waals surface area contributed by atoms with E-state index in [1.54, 1.807) is 23.5 Å². The van der Waals surface area contributed by atoms with Crippen LogP contribution in [0.5, 0.6) is 11.5 Å². The first-order valence-electron chi connectivity index (χ1n) is 10.1. The first kappa shape index (κ1) is 26.0. The van der Waals surface area contributed by atoms with Crippen LogP contribution >= 0.6 is 37.0 Å². The van der Waals surface area contributed by atoms with Gasteiger partial charge in [-0.15, -0.1) is 23.5 Å². The quantitative estimate of drug-likeness (QED) is 0.279. The highest BCUT2D eigenvalue weighted by atomic mass is 32.5. The monoisotopic (exact) mass is 564 g/mol. The fourth-order valence-electron chi connectivity index (χ4n) is 3.37. The van der Waals surface area contributed by atoms with Gasteiger partial charge in [-0.05, 0) is 73.9 Å². The van der Waals surface area contributed by atoms with Crippen molar-refractivity contribution in [3.63, 3.8) is 0 Å². The van der Waals surface area contributed by atoms with Crippen LogP contribution in [-0.2, 0) is 41.7 Å². The molecule has 1 spiro atoms. The summed E-state index contributed by atoms with van der Waals surface area (Å²) in [5, 5.41) is 0. The molecule has 2 aliphatic rings. The zero-order chi connectivity index (χ0) is 23.7. The molecule has 180 valence electrons. The minimum absolute atomic E-state index is 0.309. The molecule has 2 aliphatic heterocycles.